The van der Waals surface area contributed by atoms with Gasteiger partial charge in [0.1, 0.15) is 5.82 Å². The Balaban J connectivity index is 2.13. The van der Waals surface area contributed by atoms with E-state index in [0.29, 0.717) is 0 Å². The zero-order chi connectivity index (χ0) is 11.6. The van der Waals surface area contributed by atoms with Gasteiger partial charge in [-0.1, -0.05) is 0 Å². The third-order valence-corrected chi connectivity index (χ3v) is 2.94. The molecule has 0 spiro atoms. The molecule has 1 aliphatic rings. The molecular weight excluding hydrogens is 212 g/mol. The van der Waals surface area contributed by atoms with E-state index < -0.39 is 11.6 Å². The van der Waals surface area contributed by atoms with Gasteiger partial charge in [-0.05, 0) is 32.9 Å². The van der Waals surface area contributed by atoms with E-state index in [-0.39, 0.29) is 11.4 Å². The second-order valence-electron chi connectivity index (χ2n) is 4.42. The van der Waals surface area contributed by atoms with Crippen molar-refractivity contribution in [2.75, 3.05) is 18.4 Å². The minimum absolute atomic E-state index is 0.130. The maximum Gasteiger partial charge on any atom is 0.168 e. The lowest BCUT2D eigenvalue weighted by molar-refractivity contribution is 0.362. The molecule has 1 saturated heterocycles. The Morgan fingerprint density at radius 1 is 1.38 bits per heavy atom. The number of piperidine rings is 1. The largest absolute Gasteiger partial charge is 0.362 e. The summed E-state index contributed by atoms with van der Waals surface area (Å²) in [7, 11) is 0. The average Bonchev–Trinajstić information content (AvgIpc) is 2.23. The van der Waals surface area contributed by atoms with Crippen LogP contribution in [0, 0.1) is 11.6 Å². The van der Waals surface area contributed by atoms with Crippen molar-refractivity contribution in [2.45, 2.75) is 25.3 Å². The summed E-state index contributed by atoms with van der Waals surface area (Å²) in [4.78, 5) is 3.74. The molecule has 1 aromatic heterocycles. The van der Waals surface area contributed by atoms with E-state index in [4.69, 9.17) is 0 Å². The second-order valence-corrected chi connectivity index (χ2v) is 4.42. The van der Waals surface area contributed by atoms with Crippen LogP contribution in [0.4, 0.5) is 14.6 Å². The molecule has 0 unspecified atom stereocenters. The van der Waals surface area contributed by atoms with Gasteiger partial charge in [-0.3, -0.25) is 0 Å². The van der Waals surface area contributed by atoms with E-state index in [1.165, 1.54) is 0 Å². The molecule has 0 aromatic carbocycles. The molecule has 1 aliphatic heterocycles. The first-order valence-corrected chi connectivity index (χ1v) is 5.39. The lowest BCUT2D eigenvalue weighted by Gasteiger charge is -2.35. The maximum absolute atomic E-state index is 13.4. The predicted molar refractivity (Wildman–Crippen MR) is 58.3 cm³/mol. The summed E-state index contributed by atoms with van der Waals surface area (Å²) in [5.41, 5.74) is -0.170. The highest BCUT2D eigenvalue weighted by Crippen LogP contribution is 2.24. The Kier molecular flexibility index (Phi) is 3.05. The third kappa shape index (κ3) is 2.47. The van der Waals surface area contributed by atoms with Crippen LogP contribution in [0.1, 0.15) is 19.8 Å². The summed E-state index contributed by atoms with van der Waals surface area (Å²) in [5, 5.41) is 6.30. The van der Waals surface area contributed by atoms with Gasteiger partial charge in [-0.25, -0.2) is 13.8 Å². The van der Waals surface area contributed by atoms with Crippen LogP contribution < -0.4 is 10.6 Å². The maximum atomic E-state index is 13.4. The number of nitrogens with zero attached hydrogens (tertiary/aromatic N) is 1. The van der Waals surface area contributed by atoms with Crippen LogP contribution in [0.5, 0.6) is 0 Å². The van der Waals surface area contributed by atoms with Crippen LogP contribution in [0.25, 0.3) is 0 Å². The Bertz CT molecular complexity index is 375. The van der Waals surface area contributed by atoms with Crippen LogP contribution in [0.15, 0.2) is 12.3 Å². The molecule has 2 heterocycles. The first-order chi connectivity index (χ1) is 7.59. The molecule has 0 saturated carbocycles. The normalized spacial score (nSPS) is 19.4. The summed E-state index contributed by atoms with van der Waals surface area (Å²) in [6.45, 7) is 3.82. The Labute approximate surface area is 93.3 Å². The number of halogens is 2. The molecule has 88 valence electrons. The van der Waals surface area contributed by atoms with Crippen molar-refractivity contribution in [3.63, 3.8) is 0 Å². The minimum atomic E-state index is -0.654. The van der Waals surface area contributed by atoms with E-state index in [2.05, 4.69) is 15.6 Å². The quantitative estimate of drug-likeness (QED) is 0.810. The number of aromatic nitrogens is 1. The van der Waals surface area contributed by atoms with Crippen LogP contribution >= 0.6 is 0 Å². The first kappa shape index (κ1) is 11.3. The predicted octanol–water partition coefficient (Wildman–Crippen LogP) is 1.91. The fraction of sp³-hybridized carbons (Fsp3) is 0.545. The smallest absolute Gasteiger partial charge is 0.168 e. The summed E-state index contributed by atoms with van der Waals surface area (Å²) in [6, 6.07) is 0.847. The van der Waals surface area contributed by atoms with Crippen molar-refractivity contribution in [3.05, 3.63) is 23.9 Å². The van der Waals surface area contributed by atoms with E-state index in [9.17, 15) is 8.78 Å². The van der Waals surface area contributed by atoms with Gasteiger partial charge in [-0.2, -0.15) is 0 Å². The molecule has 2 rings (SSSR count). The van der Waals surface area contributed by atoms with Crippen molar-refractivity contribution in [1.29, 1.82) is 0 Å². The number of anilines is 1. The molecule has 0 amide bonds. The van der Waals surface area contributed by atoms with Gasteiger partial charge >= 0.3 is 0 Å². The van der Waals surface area contributed by atoms with Crippen LogP contribution in [-0.2, 0) is 0 Å². The molecule has 0 atom stereocenters. The van der Waals surface area contributed by atoms with Gasteiger partial charge in [0, 0.05) is 11.6 Å². The van der Waals surface area contributed by atoms with Gasteiger partial charge in [-0.15, -0.1) is 0 Å². The van der Waals surface area contributed by atoms with Gasteiger partial charge in [0.25, 0.3) is 0 Å². The van der Waals surface area contributed by atoms with Gasteiger partial charge in [0.2, 0.25) is 0 Å². The molecule has 0 radical (unpaired) electrons. The highest BCUT2D eigenvalue weighted by atomic mass is 19.1. The molecule has 1 fully saturated rings. The number of hydrogen-bond donors (Lipinski definition) is 2. The summed E-state index contributed by atoms with van der Waals surface area (Å²) in [6.07, 6.45) is 2.81. The number of nitrogens with one attached hydrogen (secondary N) is 2. The summed E-state index contributed by atoms with van der Waals surface area (Å²) >= 11 is 0. The third-order valence-electron chi connectivity index (χ3n) is 2.94. The van der Waals surface area contributed by atoms with E-state index >= 15 is 0 Å². The monoisotopic (exact) mass is 227 g/mol. The number of rotatable bonds is 2. The summed E-state index contributed by atoms with van der Waals surface area (Å²) in [5.74, 6) is -1.16. The van der Waals surface area contributed by atoms with Gasteiger partial charge < -0.3 is 10.6 Å². The van der Waals surface area contributed by atoms with Gasteiger partial charge in [0.05, 0.1) is 6.20 Å². The Hall–Kier alpha value is -1.23. The standard InChI is InChI=1S/C11H15F2N3/c1-11(2-4-14-5-3-11)16-10-9(13)6-8(12)7-15-10/h6-7,14H,2-5H2,1H3,(H,15,16). The topological polar surface area (TPSA) is 37.0 Å². The molecular formula is C11H15F2N3. The highest BCUT2D eigenvalue weighted by Gasteiger charge is 2.27. The molecule has 2 N–H and O–H groups in total. The fourth-order valence-corrected chi connectivity index (χ4v) is 1.90. The minimum Gasteiger partial charge on any atom is -0.362 e. The molecule has 16 heavy (non-hydrogen) atoms. The fourth-order valence-electron chi connectivity index (χ4n) is 1.90. The van der Waals surface area contributed by atoms with Crippen LogP contribution in [-0.4, -0.2) is 23.6 Å². The van der Waals surface area contributed by atoms with Crippen LogP contribution in [0.2, 0.25) is 0 Å². The van der Waals surface area contributed by atoms with E-state index in [0.717, 1.165) is 38.2 Å². The molecule has 5 heteroatoms. The molecule has 3 nitrogen and oxygen atoms in total. The highest BCUT2D eigenvalue weighted by molar-refractivity contribution is 5.39. The SMILES string of the molecule is CC1(Nc2ncc(F)cc2F)CCNCC1. The summed E-state index contributed by atoms with van der Waals surface area (Å²) < 4.78 is 26.1. The van der Waals surface area contributed by atoms with Crippen molar-refractivity contribution in [1.82, 2.24) is 10.3 Å². The van der Waals surface area contributed by atoms with Gasteiger partial charge in [0.15, 0.2) is 11.6 Å². The zero-order valence-electron chi connectivity index (χ0n) is 9.19. The van der Waals surface area contributed by atoms with Crippen molar-refractivity contribution in [2.24, 2.45) is 0 Å². The van der Waals surface area contributed by atoms with Crippen LogP contribution in [0.3, 0.4) is 0 Å². The van der Waals surface area contributed by atoms with E-state index in [1.54, 1.807) is 0 Å². The zero-order valence-corrected chi connectivity index (χ0v) is 9.19. The molecule has 0 aliphatic carbocycles. The Morgan fingerprint density at radius 2 is 2.06 bits per heavy atom. The van der Waals surface area contributed by atoms with Crippen molar-refractivity contribution < 1.29 is 8.78 Å². The lowest BCUT2D eigenvalue weighted by atomic mass is 9.90. The average molecular weight is 227 g/mol. The van der Waals surface area contributed by atoms with Crippen molar-refractivity contribution >= 4 is 5.82 Å². The lowest BCUT2D eigenvalue weighted by Crippen LogP contribution is -2.45. The second kappa shape index (κ2) is 4.33. The Morgan fingerprint density at radius 3 is 2.69 bits per heavy atom. The molecule has 1 aromatic rings. The number of pyridine rings is 1. The van der Waals surface area contributed by atoms with E-state index in [1.807, 2.05) is 6.92 Å². The first-order valence-electron chi connectivity index (χ1n) is 5.39. The number of hydrogen-bond acceptors (Lipinski definition) is 3. The molecule has 0 bridgehead atoms. The van der Waals surface area contributed by atoms with Crippen molar-refractivity contribution in [3.8, 4) is 0 Å².